The van der Waals surface area contributed by atoms with Gasteiger partial charge in [-0.05, 0) is 24.6 Å². The summed E-state index contributed by atoms with van der Waals surface area (Å²) in [5, 5.41) is 7.32. The van der Waals surface area contributed by atoms with Gasteiger partial charge in [-0.25, -0.2) is 9.18 Å². The Hall–Kier alpha value is -1.66. The van der Waals surface area contributed by atoms with Crippen LogP contribution in [-0.4, -0.2) is 25.5 Å². The third-order valence-corrected chi connectivity index (χ3v) is 2.78. The van der Waals surface area contributed by atoms with Crippen LogP contribution in [0.15, 0.2) is 18.2 Å². The first-order chi connectivity index (χ1) is 8.93. The Morgan fingerprint density at radius 2 is 2.11 bits per heavy atom. The maximum absolute atomic E-state index is 13.0. The van der Waals surface area contributed by atoms with Gasteiger partial charge in [0, 0.05) is 13.1 Å². The van der Waals surface area contributed by atoms with Crippen LogP contribution in [0, 0.1) is 5.82 Å². The Labute approximate surface area is 115 Å². The number of rotatable bonds is 4. The topological polar surface area (TPSA) is 70.2 Å². The van der Waals surface area contributed by atoms with Crippen molar-refractivity contribution in [1.29, 1.82) is 0 Å². The summed E-state index contributed by atoms with van der Waals surface area (Å²) >= 11 is 5.67. The predicted octanol–water partition coefficient (Wildman–Crippen LogP) is 1.59. The highest BCUT2D eigenvalue weighted by Gasteiger charge is 2.11. The average molecular weight is 288 g/mol. The number of hydrogen-bond acceptors (Lipinski definition) is 3. The van der Waals surface area contributed by atoms with Gasteiger partial charge in [0.05, 0.1) is 11.6 Å². The van der Waals surface area contributed by atoms with Gasteiger partial charge in [-0.3, -0.25) is 10.1 Å². The van der Waals surface area contributed by atoms with Crippen molar-refractivity contribution < 1.29 is 14.0 Å². The number of hydrogen-bond donors (Lipinski definition) is 3. The van der Waals surface area contributed by atoms with E-state index >= 15 is 0 Å². The van der Waals surface area contributed by atoms with Crippen molar-refractivity contribution in [2.24, 2.45) is 0 Å². The van der Waals surface area contributed by atoms with Crippen LogP contribution in [0.4, 0.5) is 9.18 Å². The number of amides is 3. The second-order valence-electron chi connectivity index (χ2n) is 3.90. The van der Waals surface area contributed by atoms with E-state index in [1.165, 1.54) is 19.2 Å². The molecule has 0 aliphatic carbocycles. The molecule has 0 saturated carbocycles. The largest absolute Gasteiger partial charge is 0.341 e. The first kappa shape index (κ1) is 15.4. The molecule has 0 saturated heterocycles. The van der Waals surface area contributed by atoms with Gasteiger partial charge >= 0.3 is 6.03 Å². The Morgan fingerprint density at radius 1 is 1.42 bits per heavy atom. The second-order valence-corrected chi connectivity index (χ2v) is 4.31. The number of carbonyl (C=O) groups excluding carboxylic acids is 2. The summed E-state index contributed by atoms with van der Waals surface area (Å²) in [6, 6.07) is 3.57. The zero-order valence-corrected chi connectivity index (χ0v) is 11.3. The highest BCUT2D eigenvalue weighted by molar-refractivity contribution is 6.30. The van der Waals surface area contributed by atoms with Gasteiger partial charge in [-0.15, -0.1) is 0 Å². The molecule has 0 aromatic heterocycles. The van der Waals surface area contributed by atoms with Crippen LogP contribution >= 0.6 is 11.6 Å². The van der Waals surface area contributed by atoms with E-state index in [-0.39, 0.29) is 17.6 Å². The van der Waals surface area contributed by atoms with Gasteiger partial charge in [0.15, 0.2) is 0 Å². The molecule has 0 fully saturated rings. The molecule has 3 N–H and O–H groups in total. The van der Waals surface area contributed by atoms with Gasteiger partial charge in [0.25, 0.3) is 0 Å². The van der Waals surface area contributed by atoms with Gasteiger partial charge < -0.3 is 10.6 Å². The van der Waals surface area contributed by atoms with Crippen molar-refractivity contribution >= 4 is 23.5 Å². The normalized spacial score (nSPS) is 11.8. The first-order valence-corrected chi connectivity index (χ1v) is 6.01. The van der Waals surface area contributed by atoms with Crippen LogP contribution in [0.3, 0.4) is 0 Å². The molecule has 1 atom stereocenters. The number of imide groups is 1. The highest BCUT2D eigenvalue weighted by atomic mass is 35.5. The molecule has 0 spiro atoms. The molecule has 19 heavy (non-hydrogen) atoms. The standard InChI is InChI=1S/C12H15ClFN3O2/c1-7(8-3-4-10(14)9(13)5-8)16-6-11(18)17-12(19)15-2/h3-5,7,16H,6H2,1-2H3,(H2,15,17,18,19)/t7-/m1/s1. The molecule has 0 radical (unpaired) electrons. The summed E-state index contributed by atoms with van der Waals surface area (Å²) in [6.45, 7) is 1.76. The van der Waals surface area contributed by atoms with Crippen LogP contribution in [0.5, 0.6) is 0 Å². The molecule has 0 bridgehead atoms. The fourth-order valence-electron chi connectivity index (χ4n) is 1.38. The lowest BCUT2D eigenvalue weighted by molar-refractivity contribution is -0.119. The zero-order chi connectivity index (χ0) is 14.4. The minimum Gasteiger partial charge on any atom is -0.341 e. The van der Waals surface area contributed by atoms with E-state index < -0.39 is 17.8 Å². The lowest BCUT2D eigenvalue weighted by atomic mass is 10.1. The molecule has 0 aliphatic heterocycles. The molecule has 1 rings (SSSR count). The smallest absolute Gasteiger partial charge is 0.321 e. The van der Waals surface area contributed by atoms with Gasteiger partial charge in [0.1, 0.15) is 5.82 Å². The van der Waals surface area contributed by atoms with Crippen LogP contribution in [0.25, 0.3) is 0 Å². The number of carbonyl (C=O) groups is 2. The van der Waals surface area contributed by atoms with Crippen LogP contribution in [0.1, 0.15) is 18.5 Å². The Balaban J connectivity index is 2.51. The van der Waals surface area contributed by atoms with Crippen molar-refractivity contribution in [1.82, 2.24) is 16.0 Å². The van der Waals surface area contributed by atoms with E-state index in [1.54, 1.807) is 13.0 Å². The molecule has 1 aromatic carbocycles. The molecule has 104 valence electrons. The predicted molar refractivity (Wildman–Crippen MR) is 70.4 cm³/mol. The summed E-state index contributed by atoms with van der Waals surface area (Å²) in [5.41, 5.74) is 0.749. The Morgan fingerprint density at radius 3 is 2.68 bits per heavy atom. The van der Waals surface area contributed by atoms with Gasteiger partial charge in [-0.1, -0.05) is 17.7 Å². The van der Waals surface area contributed by atoms with E-state index in [2.05, 4.69) is 16.0 Å². The average Bonchev–Trinajstić information content (AvgIpc) is 2.39. The lowest BCUT2D eigenvalue weighted by Crippen LogP contribution is -2.42. The first-order valence-electron chi connectivity index (χ1n) is 5.64. The van der Waals surface area contributed by atoms with Crippen LogP contribution in [-0.2, 0) is 4.79 Å². The number of benzene rings is 1. The molecule has 0 heterocycles. The Kier molecular flexibility index (Phi) is 5.72. The van der Waals surface area contributed by atoms with Gasteiger partial charge in [-0.2, -0.15) is 0 Å². The quantitative estimate of drug-likeness (QED) is 0.787. The van der Waals surface area contributed by atoms with E-state index in [0.29, 0.717) is 0 Å². The zero-order valence-electron chi connectivity index (χ0n) is 10.6. The van der Waals surface area contributed by atoms with Crippen molar-refractivity contribution in [3.05, 3.63) is 34.6 Å². The third kappa shape index (κ3) is 4.84. The van der Waals surface area contributed by atoms with Crippen LogP contribution < -0.4 is 16.0 Å². The van der Waals surface area contributed by atoms with Crippen molar-refractivity contribution in [3.63, 3.8) is 0 Å². The van der Waals surface area contributed by atoms with E-state index in [0.717, 1.165) is 5.56 Å². The van der Waals surface area contributed by atoms with E-state index in [1.807, 2.05) is 0 Å². The number of nitrogens with one attached hydrogen (secondary N) is 3. The Bertz CT molecular complexity index is 482. The third-order valence-electron chi connectivity index (χ3n) is 2.49. The molecule has 0 aliphatic rings. The summed E-state index contributed by atoms with van der Waals surface area (Å²) < 4.78 is 13.0. The number of urea groups is 1. The van der Waals surface area contributed by atoms with Crippen molar-refractivity contribution in [2.75, 3.05) is 13.6 Å². The molecular weight excluding hydrogens is 273 g/mol. The summed E-state index contributed by atoms with van der Waals surface area (Å²) in [7, 11) is 1.42. The summed E-state index contributed by atoms with van der Waals surface area (Å²) in [4.78, 5) is 22.2. The minimum atomic E-state index is -0.565. The fraction of sp³-hybridized carbons (Fsp3) is 0.333. The molecule has 0 unspecified atom stereocenters. The monoisotopic (exact) mass is 287 g/mol. The lowest BCUT2D eigenvalue weighted by Gasteiger charge is -2.14. The summed E-state index contributed by atoms with van der Waals surface area (Å²) in [6.07, 6.45) is 0. The van der Waals surface area contributed by atoms with Crippen molar-refractivity contribution in [2.45, 2.75) is 13.0 Å². The molecule has 3 amide bonds. The maximum Gasteiger partial charge on any atom is 0.321 e. The highest BCUT2D eigenvalue weighted by Crippen LogP contribution is 2.20. The molecule has 7 heteroatoms. The number of halogens is 2. The fourth-order valence-corrected chi connectivity index (χ4v) is 1.57. The maximum atomic E-state index is 13.0. The van der Waals surface area contributed by atoms with E-state index in [4.69, 9.17) is 11.6 Å². The molecule has 5 nitrogen and oxygen atoms in total. The van der Waals surface area contributed by atoms with Gasteiger partial charge in [0.2, 0.25) is 5.91 Å². The summed E-state index contributed by atoms with van der Waals surface area (Å²) in [5.74, 6) is -0.950. The van der Waals surface area contributed by atoms with E-state index in [9.17, 15) is 14.0 Å². The molecule has 1 aromatic rings. The SMILES string of the molecule is CNC(=O)NC(=O)CN[C@H](C)c1ccc(F)c(Cl)c1. The van der Waals surface area contributed by atoms with Crippen molar-refractivity contribution in [3.8, 4) is 0 Å². The molecular formula is C12H15ClFN3O2. The van der Waals surface area contributed by atoms with Crippen LogP contribution in [0.2, 0.25) is 5.02 Å². The second kappa shape index (κ2) is 7.06. The minimum absolute atomic E-state index is 0.0287.